The molecule has 3 aromatic rings. The highest BCUT2D eigenvalue weighted by Crippen LogP contribution is 2.24. The van der Waals surface area contributed by atoms with Gasteiger partial charge in [0.25, 0.3) is 10.0 Å². The molecule has 0 aliphatic rings. The summed E-state index contributed by atoms with van der Waals surface area (Å²) in [4.78, 5) is 12.3. The third-order valence-electron chi connectivity index (χ3n) is 4.77. The second-order valence-electron chi connectivity index (χ2n) is 7.07. The average molecular weight is 440 g/mol. The van der Waals surface area contributed by atoms with Crippen LogP contribution >= 0.6 is 0 Å². The molecule has 4 N–H and O–H groups in total. The fourth-order valence-electron chi connectivity index (χ4n) is 3.00. The second-order valence-corrected chi connectivity index (χ2v) is 8.75. The SMILES string of the molecule is COc1cc(S(=O)(=O)Nc2ccc(CCC(=O)Nc3ccccc3N)cc2)ccc1C. The Morgan fingerprint density at radius 1 is 1.03 bits per heavy atom. The van der Waals surface area contributed by atoms with Gasteiger partial charge in [0.1, 0.15) is 5.75 Å². The van der Waals surface area contributed by atoms with Gasteiger partial charge < -0.3 is 15.8 Å². The minimum atomic E-state index is -3.75. The van der Waals surface area contributed by atoms with Gasteiger partial charge in [-0.05, 0) is 54.8 Å². The zero-order valence-electron chi connectivity index (χ0n) is 17.4. The standard InChI is InChI=1S/C23H25N3O4S/c1-16-7-13-19(15-22(16)30-2)31(28,29)26-18-11-8-17(9-12-18)10-14-23(27)25-21-6-4-3-5-20(21)24/h3-9,11-13,15,26H,10,14,24H2,1-2H3,(H,25,27). The maximum absolute atomic E-state index is 12.7. The number of carbonyl (C=O) groups is 1. The van der Waals surface area contributed by atoms with Crippen LogP contribution in [-0.4, -0.2) is 21.4 Å². The highest BCUT2D eigenvalue weighted by molar-refractivity contribution is 7.92. The summed E-state index contributed by atoms with van der Waals surface area (Å²) in [6, 6.07) is 18.7. The van der Waals surface area contributed by atoms with Crippen molar-refractivity contribution in [3.05, 3.63) is 77.9 Å². The van der Waals surface area contributed by atoms with Crippen LogP contribution < -0.4 is 20.5 Å². The molecule has 0 radical (unpaired) electrons. The molecule has 0 bridgehead atoms. The number of sulfonamides is 1. The van der Waals surface area contributed by atoms with Crippen molar-refractivity contribution in [3.63, 3.8) is 0 Å². The van der Waals surface area contributed by atoms with Gasteiger partial charge >= 0.3 is 0 Å². The molecule has 8 heteroatoms. The number of benzene rings is 3. The fourth-order valence-corrected chi connectivity index (χ4v) is 4.08. The molecular formula is C23H25N3O4S. The van der Waals surface area contributed by atoms with E-state index in [1.165, 1.54) is 19.2 Å². The Hall–Kier alpha value is -3.52. The van der Waals surface area contributed by atoms with E-state index in [9.17, 15) is 13.2 Å². The highest BCUT2D eigenvalue weighted by Gasteiger charge is 2.16. The summed E-state index contributed by atoms with van der Waals surface area (Å²) in [5.41, 5.74) is 9.13. The molecule has 0 aliphatic carbocycles. The lowest BCUT2D eigenvalue weighted by Crippen LogP contribution is -2.14. The van der Waals surface area contributed by atoms with Gasteiger partial charge in [0.15, 0.2) is 0 Å². The average Bonchev–Trinajstić information content (AvgIpc) is 2.75. The molecule has 0 saturated heterocycles. The number of nitrogen functional groups attached to an aromatic ring is 1. The summed E-state index contributed by atoms with van der Waals surface area (Å²) in [7, 11) is -2.25. The number of nitrogens with two attached hydrogens (primary N) is 1. The Labute approximate surface area is 182 Å². The number of para-hydroxylation sites is 2. The third-order valence-corrected chi connectivity index (χ3v) is 6.15. The first-order valence-corrected chi connectivity index (χ1v) is 11.2. The number of rotatable bonds is 8. The zero-order chi connectivity index (χ0) is 22.4. The first-order chi connectivity index (χ1) is 14.8. The van der Waals surface area contributed by atoms with Crippen molar-refractivity contribution in [2.24, 2.45) is 0 Å². The van der Waals surface area contributed by atoms with Gasteiger partial charge in [-0.1, -0.05) is 30.3 Å². The number of nitrogens with one attached hydrogen (secondary N) is 2. The van der Waals surface area contributed by atoms with Gasteiger partial charge in [-0.15, -0.1) is 0 Å². The van der Waals surface area contributed by atoms with Crippen molar-refractivity contribution in [3.8, 4) is 5.75 Å². The summed E-state index contributed by atoms with van der Waals surface area (Å²) in [5, 5.41) is 2.79. The molecule has 7 nitrogen and oxygen atoms in total. The Balaban J connectivity index is 1.60. The number of aryl methyl sites for hydroxylation is 2. The van der Waals surface area contributed by atoms with Gasteiger partial charge in [-0.2, -0.15) is 0 Å². The van der Waals surface area contributed by atoms with E-state index in [0.717, 1.165) is 11.1 Å². The molecule has 0 unspecified atom stereocenters. The van der Waals surface area contributed by atoms with E-state index in [2.05, 4.69) is 10.0 Å². The summed E-state index contributed by atoms with van der Waals surface area (Å²) in [6.45, 7) is 1.84. The smallest absolute Gasteiger partial charge is 0.262 e. The molecule has 0 aromatic heterocycles. The number of amides is 1. The van der Waals surface area contributed by atoms with Crippen LogP contribution in [0.3, 0.4) is 0 Å². The molecule has 162 valence electrons. The van der Waals surface area contributed by atoms with Gasteiger partial charge in [-0.25, -0.2) is 8.42 Å². The minimum Gasteiger partial charge on any atom is -0.496 e. The van der Waals surface area contributed by atoms with Crippen LogP contribution in [0.1, 0.15) is 17.5 Å². The van der Waals surface area contributed by atoms with Crippen LogP contribution in [-0.2, 0) is 21.2 Å². The van der Waals surface area contributed by atoms with Gasteiger partial charge in [-0.3, -0.25) is 9.52 Å². The highest BCUT2D eigenvalue weighted by atomic mass is 32.2. The van der Waals surface area contributed by atoms with E-state index < -0.39 is 10.0 Å². The zero-order valence-corrected chi connectivity index (χ0v) is 18.2. The van der Waals surface area contributed by atoms with Crippen molar-refractivity contribution < 1.29 is 17.9 Å². The van der Waals surface area contributed by atoms with Crippen molar-refractivity contribution in [2.75, 3.05) is 22.9 Å². The van der Waals surface area contributed by atoms with Crippen LogP contribution in [0.15, 0.2) is 71.6 Å². The Morgan fingerprint density at radius 2 is 1.74 bits per heavy atom. The molecule has 0 aliphatic heterocycles. The van der Waals surface area contributed by atoms with Crippen LogP contribution in [0.2, 0.25) is 0 Å². The molecule has 0 spiro atoms. The monoisotopic (exact) mass is 439 g/mol. The predicted molar refractivity (Wildman–Crippen MR) is 123 cm³/mol. The molecule has 1 amide bonds. The number of ether oxygens (including phenoxy) is 1. The van der Waals surface area contributed by atoms with Crippen molar-refractivity contribution >= 4 is 33.0 Å². The number of carbonyl (C=O) groups excluding carboxylic acids is 1. The summed E-state index contributed by atoms with van der Waals surface area (Å²) >= 11 is 0. The van der Waals surface area contributed by atoms with Crippen LogP contribution in [0.4, 0.5) is 17.1 Å². The molecule has 0 fully saturated rings. The van der Waals surface area contributed by atoms with E-state index in [1.54, 1.807) is 54.6 Å². The van der Waals surface area contributed by atoms with Crippen LogP contribution in [0, 0.1) is 6.92 Å². The fraction of sp³-hybridized carbons (Fsp3) is 0.174. The number of anilines is 3. The van der Waals surface area contributed by atoms with E-state index in [1.807, 2.05) is 6.92 Å². The van der Waals surface area contributed by atoms with Crippen LogP contribution in [0.25, 0.3) is 0 Å². The first kappa shape index (κ1) is 22.2. The van der Waals surface area contributed by atoms with Crippen molar-refractivity contribution in [1.29, 1.82) is 0 Å². The van der Waals surface area contributed by atoms with Crippen molar-refractivity contribution in [1.82, 2.24) is 0 Å². The van der Waals surface area contributed by atoms with E-state index in [0.29, 0.717) is 29.2 Å². The van der Waals surface area contributed by atoms with Crippen molar-refractivity contribution in [2.45, 2.75) is 24.7 Å². The predicted octanol–water partition coefficient (Wildman–Crippen LogP) is 3.96. The first-order valence-electron chi connectivity index (χ1n) is 9.69. The normalized spacial score (nSPS) is 11.0. The van der Waals surface area contributed by atoms with Gasteiger partial charge in [0.05, 0.1) is 23.4 Å². The second kappa shape index (κ2) is 9.53. The summed E-state index contributed by atoms with van der Waals surface area (Å²) in [5.74, 6) is 0.366. The topological polar surface area (TPSA) is 111 Å². The molecule has 3 rings (SSSR count). The van der Waals surface area contributed by atoms with Crippen LogP contribution in [0.5, 0.6) is 5.75 Å². The number of methoxy groups -OCH3 is 1. The maximum atomic E-state index is 12.7. The van der Waals surface area contributed by atoms with Gasteiger partial charge in [0.2, 0.25) is 5.91 Å². The van der Waals surface area contributed by atoms with E-state index in [-0.39, 0.29) is 17.2 Å². The number of hydrogen-bond acceptors (Lipinski definition) is 5. The molecule has 0 heterocycles. The summed E-state index contributed by atoms with van der Waals surface area (Å²) < 4.78 is 33.1. The Bertz CT molecular complexity index is 1180. The summed E-state index contributed by atoms with van der Waals surface area (Å²) in [6.07, 6.45) is 0.795. The maximum Gasteiger partial charge on any atom is 0.262 e. The molecule has 0 atom stereocenters. The van der Waals surface area contributed by atoms with Gasteiger partial charge in [0, 0.05) is 18.2 Å². The van der Waals surface area contributed by atoms with E-state index >= 15 is 0 Å². The number of hydrogen-bond donors (Lipinski definition) is 3. The lowest BCUT2D eigenvalue weighted by Gasteiger charge is -2.11. The molecular weight excluding hydrogens is 414 g/mol. The lowest BCUT2D eigenvalue weighted by molar-refractivity contribution is -0.116. The molecule has 0 saturated carbocycles. The quantitative estimate of drug-likeness (QED) is 0.460. The minimum absolute atomic E-state index is 0.121. The Kier molecular flexibility index (Phi) is 6.81. The van der Waals surface area contributed by atoms with E-state index in [4.69, 9.17) is 10.5 Å². The molecule has 31 heavy (non-hydrogen) atoms. The lowest BCUT2D eigenvalue weighted by atomic mass is 10.1. The third kappa shape index (κ3) is 5.76. The Morgan fingerprint density at radius 3 is 2.42 bits per heavy atom. The molecule has 3 aromatic carbocycles. The largest absolute Gasteiger partial charge is 0.496 e.